The van der Waals surface area contributed by atoms with Crippen LogP contribution in [0.5, 0.6) is 11.5 Å². The van der Waals surface area contributed by atoms with E-state index in [1.807, 2.05) is 32.2 Å². The van der Waals surface area contributed by atoms with Crippen molar-refractivity contribution in [1.82, 2.24) is 9.97 Å². The summed E-state index contributed by atoms with van der Waals surface area (Å²) in [6, 6.07) is 5.76. The van der Waals surface area contributed by atoms with E-state index in [0.717, 1.165) is 22.9 Å². The fourth-order valence-electron chi connectivity index (χ4n) is 1.84. The third kappa shape index (κ3) is 2.11. The largest absolute Gasteiger partial charge is 0.493 e. The molecule has 2 aromatic rings. The molecule has 2 N–H and O–H groups in total. The van der Waals surface area contributed by atoms with Gasteiger partial charge in [-0.25, -0.2) is 4.98 Å². The van der Waals surface area contributed by atoms with E-state index >= 15 is 0 Å². The van der Waals surface area contributed by atoms with Gasteiger partial charge in [0.05, 0.1) is 19.9 Å². The minimum atomic E-state index is 0.698. The van der Waals surface area contributed by atoms with Crippen molar-refractivity contribution in [2.45, 2.75) is 6.92 Å². The Labute approximate surface area is 106 Å². The Morgan fingerprint density at radius 1 is 1.17 bits per heavy atom. The Morgan fingerprint density at radius 3 is 2.44 bits per heavy atom. The Bertz CT molecular complexity index is 549. The van der Waals surface area contributed by atoms with Gasteiger partial charge in [0.1, 0.15) is 0 Å². The number of aryl methyl sites for hydroxylation is 1. The molecular weight excluding hydrogens is 230 g/mol. The summed E-state index contributed by atoms with van der Waals surface area (Å²) in [6.45, 7) is 1.99. The zero-order chi connectivity index (χ0) is 13.1. The van der Waals surface area contributed by atoms with Gasteiger partial charge in [0.25, 0.3) is 0 Å². The smallest absolute Gasteiger partial charge is 0.200 e. The maximum Gasteiger partial charge on any atom is 0.200 e. The fraction of sp³-hybridized carbons (Fsp3) is 0.308. The molecule has 1 aromatic carbocycles. The Morgan fingerprint density at radius 2 is 1.89 bits per heavy atom. The Hall–Kier alpha value is -2.17. The first-order chi connectivity index (χ1) is 8.69. The van der Waals surface area contributed by atoms with Gasteiger partial charge in [0, 0.05) is 18.3 Å². The molecule has 0 saturated carbocycles. The monoisotopic (exact) mass is 247 g/mol. The quantitative estimate of drug-likeness (QED) is 0.871. The van der Waals surface area contributed by atoms with Gasteiger partial charge in [-0.15, -0.1) is 0 Å². The van der Waals surface area contributed by atoms with Crippen LogP contribution in [-0.4, -0.2) is 31.2 Å². The number of H-pyrrole nitrogens is 1. The van der Waals surface area contributed by atoms with Crippen molar-refractivity contribution in [1.29, 1.82) is 0 Å². The summed E-state index contributed by atoms with van der Waals surface area (Å²) < 4.78 is 10.5. The van der Waals surface area contributed by atoms with Crippen molar-refractivity contribution in [2.24, 2.45) is 0 Å². The third-order valence-corrected chi connectivity index (χ3v) is 2.78. The van der Waals surface area contributed by atoms with Crippen LogP contribution in [0.2, 0.25) is 0 Å². The summed E-state index contributed by atoms with van der Waals surface area (Å²) in [5.74, 6) is 2.16. The lowest BCUT2D eigenvalue weighted by atomic mass is 10.1. The van der Waals surface area contributed by atoms with Crippen LogP contribution in [0.4, 0.5) is 5.95 Å². The molecule has 0 fully saturated rings. The van der Waals surface area contributed by atoms with Gasteiger partial charge in [-0.1, -0.05) is 0 Å². The number of benzene rings is 1. The highest BCUT2D eigenvalue weighted by atomic mass is 16.5. The number of imidazole rings is 1. The standard InChI is InChI=1S/C13H17N3O2/c1-8-12(16-13(14-2)15-8)9-5-6-10(17-3)11(7-9)18-4/h5-7H,1-4H3,(H2,14,15,16). The molecule has 0 aliphatic carbocycles. The van der Waals surface area contributed by atoms with Crippen molar-refractivity contribution in [3.63, 3.8) is 0 Å². The van der Waals surface area contributed by atoms with Crippen LogP contribution < -0.4 is 14.8 Å². The number of ether oxygens (including phenoxy) is 2. The third-order valence-electron chi connectivity index (χ3n) is 2.78. The van der Waals surface area contributed by atoms with Gasteiger partial charge >= 0.3 is 0 Å². The molecule has 5 heteroatoms. The molecule has 0 radical (unpaired) electrons. The summed E-state index contributed by atoms with van der Waals surface area (Å²) >= 11 is 0. The van der Waals surface area contributed by atoms with Crippen molar-refractivity contribution >= 4 is 5.95 Å². The molecule has 0 amide bonds. The molecule has 0 unspecified atom stereocenters. The number of rotatable bonds is 4. The molecule has 0 aliphatic heterocycles. The van der Waals surface area contributed by atoms with Crippen molar-refractivity contribution in [3.05, 3.63) is 23.9 Å². The van der Waals surface area contributed by atoms with Crippen molar-refractivity contribution < 1.29 is 9.47 Å². The predicted molar refractivity (Wildman–Crippen MR) is 71.4 cm³/mol. The molecule has 1 heterocycles. The maximum absolute atomic E-state index is 5.29. The van der Waals surface area contributed by atoms with E-state index < -0.39 is 0 Å². The molecule has 0 bridgehead atoms. The lowest BCUT2D eigenvalue weighted by Gasteiger charge is -2.08. The first kappa shape index (κ1) is 12.3. The number of methoxy groups -OCH3 is 2. The minimum absolute atomic E-state index is 0.698. The predicted octanol–water partition coefficient (Wildman–Crippen LogP) is 2.44. The zero-order valence-electron chi connectivity index (χ0n) is 11.0. The van der Waals surface area contributed by atoms with E-state index in [4.69, 9.17) is 9.47 Å². The molecule has 1 aromatic heterocycles. The van der Waals surface area contributed by atoms with Crippen LogP contribution in [0.3, 0.4) is 0 Å². The van der Waals surface area contributed by atoms with E-state index in [1.54, 1.807) is 14.2 Å². The fourth-order valence-corrected chi connectivity index (χ4v) is 1.84. The lowest BCUT2D eigenvalue weighted by Crippen LogP contribution is -1.91. The Kier molecular flexibility index (Phi) is 3.41. The highest BCUT2D eigenvalue weighted by Crippen LogP contribution is 2.33. The van der Waals surface area contributed by atoms with Crippen LogP contribution in [0.25, 0.3) is 11.3 Å². The van der Waals surface area contributed by atoms with Crippen molar-refractivity contribution in [2.75, 3.05) is 26.6 Å². The average molecular weight is 247 g/mol. The topological polar surface area (TPSA) is 59.2 Å². The Balaban J connectivity index is 2.47. The molecule has 0 atom stereocenters. The van der Waals surface area contributed by atoms with Crippen LogP contribution in [0, 0.1) is 6.92 Å². The summed E-state index contributed by atoms with van der Waals surface area (Å²) in [6.07, 6.45) is 0. The average Bonchev–Trinajstić information content (AvgIpc) is 2.79. The van der Waals surface area contributed by atoms with Gasteiger partial charge in [-0.05, 0) is 25.1 Å². The highest BCUT2D eigenvalue weighted by Gasteiger charge is 2.11. The summed E-state index contributed by atoms with van der Waals surface area (Å²) in [5, 5.41) is 2.99. The molecule has 96 valence electrons. The SMILES string of the molecule is CNc1nc(-c2ccc(OC)c(OC)c2)c(C)[nH]1. The van der Waals surface area contributed by atoms with E-state index in [2.05, 4.69) is 15.3 Å². The number of nitrogens with one attached hydrogen (secondary N) is 2. The van der Waals surface area contributed by atoms with Crippen LogP contribution in [-0.2, 0) is 0 Å². The number of hydrogen-bond acceptors (Lipinski definition) is 4. The molecular formula is C13H17N3O2. The summed E-state index contributed by atoms with van der Waals surface area (Å²) in [4.78, 5) is 7.63. The molecule has 2 rings (SSSR count). The molecule has 0 spiro atoms. The van der Waals surface area contributed by atoms with Crippen LogP contribution in [0.1, 0.15) is 5.69 Å². The van der Waals surface area contributed by atoms with E-state index in [1.165, 1.54) is 0 Å². The van der Waals surface area contributed by atoms with Gasteiger partial charge < -0.3 is 19.8 Å². The number of anilines is 1. The van der Waals surface area contributed by atoms with Crippen molar-refractivity contribution in [3.8, 4) is 22.8 Å². The zero-order valence-corrected chi connectivity index (χ0v) is 11.0. The van der Waals surface area contributed by atoms with Crippen LogP contribution >= 0.6 is 0 Å². The second kappa shape index (κ2) is 5.00. The second-order valence-corrected chi connectivity index (χ2v) is 3.88. The van der Waals surface area contributed by atoms with Gasteiger partial charge in [0.15, 0.2) is 11.5 Å². The number of aromatic nitrogens is 2. The highest BCUT2D eigenvalue weighted by molar-refractivity contribution is 5.67. The van der Waals surface area contributed by atoms with Gasteiger partial charge in [-0.3, -0.25) is 0 Å². The molecule has 18 heavy (non-hydrogen) atoms. The molecule has 0 saturated heterocycles. The maximum atomic E-state index is 5.29. The molecule has 0 aliphatic rings. The van der Waals surface area contributed by atoms with E-state index in [9.17, 15) is 0 Å². The van der Waals surface area contributed by atoms with E-state index in [-0.39, 0.29) is 0 Å². The first-order valence-corrected chi connectivity index (χ1v) is 5.66. The number of aromatic amines is 1. The lowest BCUT2D eigenvalue weighted by molar-refractivity contribution is 0.355. The molecule has 5 nitrogen and oxygen atoms in total. The normalized spacial score (nSPS) is 10.2. The van der Waals surface area contributed by atoms with E-state index in [0.29, 0.717) is 11.5 Å². The van der Waals surface area contributed by atoms with Gasteiger partial charge in [0.2, 0.25) is 5.95 Å². The minimum Gasteiger partial charge on any atom is -0.493 e. The number of nitrogens with zero attached hydrogens (tertiary/aromatic N) is 1. The first-order valence-electron chi connectivity index (χ1n) is 5.66. The summed E-state index contributed by atoms with van der Waals surface area (Å²) in [5.41, 5.74) is 2.90. The van der Waals surface area contributed by atoms with Crippen LogP contribution in [0.15, 0.2) is 18.2 Å². The number of hydrogen-bond donors (Lipinski definition) is 2. The van der Waals surface area contributed by atoms with Gasteiger partial charge in [-0.2, -0.15) is 0 Å². The summed E-state index contributed by atoms with van der Waals surface area (Å²) in [7, 11) is 5.07. The second-order valence-electron chi connectivity index (χ2n) is 3.88.